The van der Waals surface area contributed by atoms with Crippen molar-refractivity contribution in [3.05, 3.63) is 0 Å². The summed E-state index contributed by atoms with van der Waals surface area (Å²) in [6.07, 6.45) is 9.90. The normalized spacial score (nSPS) is 19.8. The predicted molar refractivity (Wildman–Crippen MR) is 59.8 cm³/mol. The van der Waals surface area contributed by atoms with Crippen molar-refractivity contribution in [2.75, 3.05) is 0 Å². The van der Waals surface area contributed by atoms with Crippen molar-refractivity contribution in [3.63, 3.8) is 0 Å². The molecule has 86 valence electrons. The summed E-state index contributed by atoms with van der Waals surface area (Å²) in [4.78, 5) is 0. The Morgan fingerprint density at radius 1 is 1.27 bits per heavy atom. The van der Waals surface area contributed by atoms with Gasteiger partial charge in [-0.1, -0.05) is 25.2 Å². The van der Waals surface area contributed by atoms with Gasteiger partial charge in [0.2, 0.25) is 0 Å². The molecule has 0 aromatic carbocycles. The van der Waals surface area contributed by atoms with Crippen LogP contribution in [-0.2, 0) is 14.3 Å². The van der Waals surface area contributed by atoms with Crippen molar-refractivity contribution >= 4 is 10.1 Å². The fourth-order valence-corrected chi connectivity index (χ4v) is 2.47. The minimum Gasteiger partial charge on any atom is -0.266 e. The molecule has 1 aliphatic carbocycles. The third kappa shape index (κ3) is 2.96. The van der Waals surface area contributed by atoms with E-state index >= 15 is 0 Å². The van der Waals surface area contributed by atoms with Crippen LogP contribution in [0.15, 0.2) is 0 Å². The summed E-state index contributed by atoms with van der Waals surface area (Å²) >= 11 is 0. The first-order valence-electron chi connectivity index (χ1n) is 5.29. The molecule has 0 atom stereocenters. The Bertz CT molecular complexity index is 343. The van der Waals surface area contributed by atoms with Crippen LogP contribution in [0.1, 0.15) is 46.0 Å². The molecule has 1 fully saturated rings. The fourth-order valence-electron chi connectivity index (χ4n) is 1.53. The molecule has 0 aromatic heterocycles. The number of terminal acetylenes is 1. The molecule has 0 aliphatic heterocycles. The quantitative estimate of drug-likeness (QED) is 0.550. The van der Waals surface area contributed by atoms with E-state index in [9.17, 15) is 8.42 Å². The van der Waals surface area contributed by atoms with E-state index in [0.29, 0.717) is 0 Å². The number of rotatable bonds is 3. The van der Waals surface area contributed by atoms with E-state index in [1.54, 1.807) is 0 Å². The van der Waals surface area contributed by atoms with Crippen molar-refractivity contribution in [1.29, 1.82) is 0 Å². The van der Waals surface area contributed by atoms with Gasteiger partial charge in [0.25, 0.3) is 10.1 Å². The fraction of sp³-hybridized carbons (Fsp3) is 0.818. The zero-order valence-electron chi connectivity index (χ0n) is 9.32. The topological polar surface area (TPSA) is 43.4 Å². The van der Waals surface area contributed by atoms with Crippen LogP contribution in [0.3, 0.4) is 0 Å². The zero-order chi connectivity index (χ0) is 11.5. The van der Waals surface area contributed by atoms with Gasteiger partial charge in [0, 0.05) is 0 Å². The van der Waals surface area contributed by atoms with Crippen molar-refractivity contribution < 1.29 is 12.6 Å². The first-order chi connectivity index (χ1) is 6.89. The van der Waals surface area contributed by atoms with Crippen LogP contribution >= 0.6 is 0 Å². The van der Waals surface area contributed by atoms with Crippen LogP contribution in [0.25, 0.3) is 0 Å². The molecule has 0 saturated heterocycles. The van der Waals surface area contributed by atoms with Gasteiger partial charge in [0.05, 0.1) is 6.10 Å². The number of hydrogen-bond donors (Lipinski definition) is 0. The average molecular weight is 230 g/mol. The van der Waals surface area contributed by atoms with E-state index in [0.717, 1.165) is 25.7 Å². The molecule has 0 unspecified atom stereocenters. The average Bonchev–Trinajstić information content (AvgIpc) is 2.18. The third-order valence-corrected chi connectivity index (χ3v) is 4.68. The molecule has 1 rings (SSSR count). The third-order valence-electron chi connectivity index (χ3n) is 2.79. The molecule has 0 amide bonds. The Hall–Kier alpha value is -0.530. The highest BCUT2D eigenvalue weighted by Crippen LogP contribution is 2.26. The van der Waals surface area contributed by atoms with Crippen LogP contribution in [-0.4, -0.2) is 19.3 Å². The van der Waals surface area contributed by atoms with E-state index in [-0.39, 0.29) is 6.10 Å². The van der Waals surface area contributed by atoms with Gasteiger partial charge < -0.3 is 0 Å². The predicted octanol–water partition coefficient (Wildman–Crippen LogP) is 2.08. The molecule has 0 radical (unpaired) electrons. The summed E-state index contributed by atoms with van der Waals surface area (Å²) in [5, 5.41) is 0. The van der Waals surface area contributed by atoms with E-state index in [4.69, 9.17) is 10.6 Å². The maximum absolute atomic E-state index is 11.8. The summed E-state index contributed by atoms with van der Waals surface area (Å²) < 4.78 is 27.5. The van der Waals surface area contributed by atoms with Gasteiger partial charge in [-0.05, 0) is 26.7 Å². The first kappa shape index (κ1) is 12.5. The van der Waals surface area contributed by atoms with Gasteiger partial charge in [0.15, 0.2) is 4.75 Å². The molecule has 0 heterocycles. The summed E-state index contributed by atoms with van der Waals surface area (Å²) in [6, 6.07) is 0. The van der Waals surface area contributed by atoms with Crippen LogP contribution in [0.4, 0.5) is 0 Å². The second kappa shape index (κ2) is 4.54. The van der Waals surface area contributed by atoms with E-state index < -0.39 is 14.9 Å². The Kier molecular flexibility index (Phi) is 3.80. The summed E-state index contributed by atoms with van der Waals surface area (Å²) in [5.41, 5.74) is 0. The van der Waals surface area contributed by atoms with E-state index in [1.807, 2.05) is 0 Å². The molecule has 4 heteroatoms. The lowest BCUT2D eigenvalue weighted by Gasteiger charge is -2.25. The summed E-state index contributed by atoms with van der Waals surface area (Å²) in [6.45, 7) is 2.98. The molecule has 0 spiro atoms. The Morgan fingerprint density at radius 3 is 2.27 bits per heavy atom. The second-order valence-corrected chi connectivity index (χ2v) is 6.59. The van der Waals surface area contributed by atoms with Gasteiger partial charge in [-0.2, -0.15) is 8.42 Å². The lowest BCUT2D eigenvalue weighted by Crippen LogP contribution is -2.35. The summed E-state index contributed by atoms with van der Waals surface area (Å²) in [7, 11) is -3.65. The Labute approximate surface area is 92.3 Å². The molecular weight excluding hydrogens is 212 g/mol. The number of hydrogen-bond acceptors (Lipinski definition) is 3. The molecule has 1 aliphatic rings. The molecule has 0 bridgehead atoms. The molecular formula is C11H18O3S. The SMILES string of the molecule is C#CC(C)(C)S(=O)(=O)OC1CCCCC1. The monoisotopic (exact) mass is 230 g/mol. The highest BCUT2D eigenvalue weighted by Gasteiger charge is 2.35. The zero-order valence-corrected chi connectivity index (χ0v) is 10.1. The highest BCUT2D eigenvalue weighted by molar-refractivity contribution is 7.88. The molecule has 1 saturated carbocycles. The van der Waals surface area contributed by atoms with Crippen molar-refractivity contribution in [2.45, 2.75) is 56.8 Å². The van der Waals surface area contributed by atoms with Crippen LogP contribution in [0.2, 0.25) is 0 Å². The Balaban J connectivity index is 2.68. The van der Waals surface area contributed by atoms with E-state index in [2.05, 4.69) is 5.92 Å². The molecule has 3 nitrogen and oxygen atoms in total. The maximum Gasteiger partial charge on any atom is 0.284 e. The van der Waals surface area contributed by atoms with Crippen LogP contribution < -0.4 is 0 Å². The maximum atomic E-state index is 11.8. The molecule has 15 heavy (non-hydrogen) atoms. The first-order valence-corrected chi connectivity index (χ1v) is 6.70. The standard InChI is InChI=1S/C11H18O3S/c1-4-11(2,3)15(12,13)14-10-8-6-5-7-9-10/h1,10H,5-9H2,2-3H3. The van der Waals surface area contributed by atoms with Gasteiger partial charge in [-0.25, -0.2) is 0 Å². The lowest BCUT2D eigenvalue weighted by molar-refractivity contribution is 0.158. The smallest absolute Gasteiger partial charge is 0.266 e. The minimum absolute atomic E-state index is 0.170. The van der Waals surface area contributed by atoms with Gasteiger partial charge >= 0.3 is 0 Å². The minimum atomic E-state index is -3.65. The van der Waals surface area contributed by atoms with E-state index in [1.165, 1.54) is 20.3 Å². The van der Waals surface area contributed by atoms with Crippen LogP contribution in [0.5, 0.6) is 0 Å². The van der Waals surface area contributed by atoms with Gasteiger partial charge in [-0.15, -0.1) is 6.42 Å². The Morgan fingerprint density at radius 2 is 1.80 bits per heavy atom. The summed E-state index contributed by atoms with van der Waals surface area (Å²) in [5.74, 6) is 2.26. The largest absolute Gasteiger partial charge is 0.284 e. The van der Waals surface area contributed by atoms with Crippen LogP contribution in [0, 0.1) is 12.3 Å². The van der Waals surface area contributed by atoms with Gasteiger partial charge in [-0.3, -0.25) is 4.18 Å². The highest BCUT2D eigenvalue weighted by atomic mass is 32.2. The second-order valence-electron chi connectivity index (χ2n) is 4.47. The van der Waals surface area contributed by atoms with Crippen molar-refractivity contribution in [2.24, 2.45) is 0 Å². The molecule has 0 N–H and O–H groups in total. The lowest BCUT2D eigenvalue weighted by atomic mass is 9.98. The van der Waals surface area contributed by atoms with Crippen molar-refractivity contribution in [3.8, 4) is 12.3 Å². The van der Waals surface area contributed by atoms with Gasteiger partial charge in [0.1, 0.15) is 0 Å². The molecule has 0 aromatic rings. The van der Waals surface area contributed by atoms with Crippen molar-refractivity contribution in [1.82, 2.24) is 0 Å².